The van der Waals surface area contributed by atoms with Crippen molar-refractivity contribution < 1.29 is 64.1 Å². The third kappa shape index (κ3) is 9.00. The number of esters is 1. The largest absolute Gasteiger partial charge is 0.481 e. The number of ketones is 4. The maximum atomic E-state index is 13.3. The van der Waals surface area contributed by atoms with Gasteiger partial charge < -0.3 is 35.4 Å². The minimum absolute atomic E-state index is 0. The molecule has 0 bridgehead atoms. The minimum atomic E-state index is -1.61. The number of carbonyl (C=O) groups is 6. The number of hydrogen-bond donors (Lipinski definition) is 6. The van der Waals surface area contributed by atoms with E-state index in [9.17, 15) is 49.5 Å². The number of halogens is 1. The molecule has 65 heavy (non-hydrogen) atoms. The monoisotopic (exact) mass is 934 g/mol. The number of nitrogens with zero attached hydrogens (tertiary/aromatic N) is 1. The molecule has 14 atom stereocenters. The van der Waals surface area contributed by atoms with E-state index in [0.29, 0.717) is 58.0 Å². The van der Waals surface area contributed by atoms with Gasteiger partial charge in [0, 0.05) is 30.6 Å². The number of allylic oxidation sites excluding steroid dienone is 2. The number of hydrogen-bond acceptors (Lipinski definition) is 13. The van der Waals surface area contributed by atoms with Gasteiger partial charge in [0.15, 0.2) is 24.0 Å². The molecule has 0 spiro atoms. The van der Waals surface area contributed by atoms with Gasteiger partial charge in [0.25, 0.3) is 5.97 Å². The van der Waals surface area contributed by atoms with Crippen LogP contribution in [0.2, 0.25) is 0 Å². The summed E-state index contributed by atoms with van der Waals surface area (Å²) < 4.78 is 5.28. The smallest absolute Gasteiger partial charge is 0.320 e. The second kappa shape index (κ2) is 19.6. The molecular formula is C50H76ClNO13. The summed E-state index contributed by atoms with van der Waals surface area (Å²) in [5.41, 5.74) is -2.65. The van der Waals surface area contributed by atoms with Crippen LogP contribution in [0, 0.1) is 57.2 Å². The Hall–Kier alpha value is -2.85. The van der Waals surface area contributed by atoms with Crippen LogP contribution in [-0.2, 0) is 33.5 Å². The standard InChI is InChI=1S/C27H41NO6.C21H30O5.C2H4O2.ClH/c1-5-28(6-2)15-23(32)34-16-22(31)27(33)12-10-20-19-8-7-17-13-18(29)9-11-25(17,3)24(19)21(30)14-26(20,27)4;1-19-7-5-13(23)9-12(19)3-4-14-15-6-8-21(26,17(25)11-22)20(15,2)10-16(24)18(14)19;1-2(3)4;/h13,19-21,24,30,33H,5-12,14-16H2,1-4H3;9,14-16,18,22,24,26H,3-8,10-11H2,1-2H3;1H3,(H,3,4);1H/t19-,20-,21-,24+,25-,26-,27-;14-,15-,16-,18+,19-,20-,21-;;/m00../s1. The summed E-state index contributed by atoms with van der Waals surface area (Å²) in [6.45, 7) is 13.7. The zero-order chi connectivity index (χ0) is 47.4. The Morgan fingerprint density at radius 2 is 1.09 bits per heavy atom. The molecule has 14 nitrogen and oxygen atoms in total. The van der Waals surface area contributed by atoms with Gasteiger partial charge in [-0.15, -0.1) is 12.4 Å². The predicted octanol–water partition coefficient (Wildman–Crippen LogP) is 4.97. The van der Waals surface area contributed by atoms with Crippen LogP contribution in [0.3, 0.4) is 0 Å². The van der Waals surface area contributed by atoms with Crippen LogP contribution >= 0.6 is 12.4 Å². The Kier molecular flexibility index (Phi) is 16.0. The molecule has 6 N–H and O–H groups in total. The van der Waals surface area contributed by atoms with E-state index in [4.69, 9.17) is 14.6 Å². The maximum absolute atomic E-state index is 13.3. The summed E-state index contributed by atoms with van der Waals surface area (Å²) >= 11 is 0. The van der Waals surface area contributed by atoms with Crippen molar-refractivity contribution >= 4 is 47.5 Å². The molecule has 6 saturated carbocycles. The van der Waals surface area contributed by atoms with Crippen molar-refractivity contribution in [1.29, 1.82) is 0 Å². The number of likely N-dealkylation sites (N-methyl/N-ethyl adjacent to an activating group) is 1. The van der Waals surface area contributed by atoms with E-state index >= 15 is 0 Å². The summed E-state index contributed by atoms with van der Waals surface area (Å²) in [6, 6.07) is 0. The van der Waals surface area contributed by atoms with Crippen LogP contribution in [0.5, 0.6) is 0 Å². The lowest BCUT2D eigenvalue weighted by atomic mass is 9.45. The van der Waals surface area contributed by atoms with E-state index in [0.717, 1.165) is 57.4 Å². The van der Waals surface area contributed by atoms with Crippen LogP contribution in [0.15, 0.2) is 23.3 Å². The average molecular weight is 935 g/mol. The summed E-state index contributed by atoms with van der Waals surface area (Å²) in [6.07, 6.45) is 11.2. The van der Waals surface area contributed by atoms with Gasteiger partial charge in [0.1, 0.15) is 17.8 Å². The molecule has 8 aliphatic rings. The van der Waals surface area contributed by atoms with E-state index in [1.165, 1.54) is 5.57 Å². The van der Waals surface area contributed by atoms with Crippen molar-refractivity contribution in [2.45, 2.75) is 162 Å². The van der Waals surface area contributed by atoms with Crippen molar-refractivity contribution in [2.24, 2.45) is 57.2 Å². The van der Waals surface area contributed by atoms with Crippen molar-refractivity contribution in [3.05, 3.63) is 23.3 Å². The quantitative estimate of drug-likeness (QED) is 0.168. The minimum Gasteiger partial charge on any atom is -0.481 e. The lowest BCUT2D eigenvalue weighted by Crippen LogP contribution is -2.62. The van der Waals surface area contributed by atoms with Crippen LogP contribution in [-0.4, -0.2) is 127 Å². The number of aliphatic carboxylic acids is 1. The van der Waals surface area contributed by atoms with Crippen LogP contribution < -0.4 is 0 Å². The summed E-state index contributed by atoms with van der Waals surface area (Å²) in [7, 11) is 0. The molecule has 0 heterocycles. The summed E-state index contributed by atoms with van der Waals surface area (Å²) in [5.74, 6) is -1.10. The Bertz CT molecular complexity index is 1930. The lowest BCUT2D eigenvalue weighted by molar-refractivity contribution is -0.184. The van der Waals surface area contributed by atoms with E-state index in [-0.39, 0.29) is 76.9 Å². The van der Waals surface area contributed by atoms with E-state index < -0.39 is 71.0 Å². The topological polar surface area (TPSA) is 236 Å². The number of aliphatic hydroxyl groups is 5. The lowest BCUT2D eigenvalue weighted by Gasteiger charge is -2.60. The second-order valence-corrected chi connectivity index (χ2v) is 21.6. The number of rotatable bonds is 9. The zero-order valence-electron chi connectivity index (χ0n) is 39.6. The number of aliphatic hydroxyl groups excluding tert-OH is 3. The van der Waals surface area contributed by atoms with Crippen LogP contribution in [0.4, 0.5) is 0 Å². The first-order valence-electron chi connectivity index (χ1n) is 23.9. The van der Waals surface area contributed by atoms with Gasteiger partial charge in [-0.05, 0) is 149 Å². The van der Waals surface area contributed by atoms with Crippen molar-refractivity contribution in [2.75, 3.05) is 32.8 Å². The third-order valence-corrected chi connectivity index (χ3v) is 18.8. The van der Waals surface area contributed by atoms with E-state index in [1.807, 2.05) is 32.6 Å². The molecule has 15 heteroatoms. The van der Waals surface area contributed by atoms with Crippen molar-refractivity contribution in [3.63, 3.8) is 0 Å². The highest BCUT2D eigenvalue weighted by Crippen LogP contribution is 2.69. The van der Waals surface area contributed by atoms with Gasteiger partial charge >= 0.3 is 5.97 Å². The first kappa shape index (κ1) is 53.1. The highest BCUT2D eigenvalue weighted by molar-refractivity contribution is 5.93. The first-order valence-corrected chi connectivity index (χ1v) is 23.9. The normalized spacial score (nSPS) is 42.2. The molecule has 366 valence electrons. The molecular weight excluding hydrogens is 858 g/mol. The van der Waals surface area contributed by atoms with Gasteiger partial charge in [0.2, 0.25) is 5.78 Å². The highest BCUT2D eigenvalue weighted by atomic mass is 35.5. The summed E-state index contributed by atoms with van der Waals surface area (Å²) in [4.78, 5) is 72.7. The fourth-order valence-corrected chi connectivity index (χ4v) is 15.4. The molecule has 0 saturated heterocycles. The fraction of sp³-hybridized carbons (Fsp3) is 0.800. The molecule has 6 fully saturated rings. The fourth-order valence-electron chi connectivity index (χ4n) is 15.4. The van der Waals surface area contributed by atoms with E-state index in [2.05, 4.69) is 13.8 Å². The molecule has 0 unspecified atom stereocenters. The molecule has 0 radical (unpaired) electrons. The number of carboxylic acids is 1. The molecule has 0 aromatic carbocycles. The van der Waals surface area contributed by atoms with Crippen LogP contribution in [0.1, 0.15) is 138 Å². The van der Waals surface area contributed by atoms with Crippen molar-refractivity contribution in [1.82, 2.24) is 4.90 Å². The van der Waals surface area contributed by atoms with E-state index in [1.54, 1.807) is 12.2 Å². The van der Waals surface area contributed by atoms with Gasteiger partial charge in [0.05, 0.1) is 18.8 Å². The Balaban J connectivity index is 0.000000228. The molecule has 8 aliphatic carbocycles. The summed E-state index contributed by atoms with van der Waals surface area (Å²) in [5, 5.41) is 62.3. The Labute approximate surface area is 390 Å². The van der Waals surface area contributed by atoms with Gasteiger partial charge in [-0.25, -0.2) is 0 Å². The van der Waals surface area contributed by atoms with Gasteiger partial charge in [-0.2, -0.15) is 0 Å². The Morgan fingerprint density at radius 3 is 1.48 bits per heavy atom. The highest BCUT2D eigenvalue weighted by Gasteiger charge is 2.70. The molecule has 0 aromatic heterocycles. The number of Topliss-reactive ketones (excluding diaryl/α,β-unsaturated/α-hetero) is 2. The third-order valence-electron chi connectivity index (χ3n) is 18.8. The number of ether oxygens (including phenoxy) is 1. The molecule has 8 rings (SSSR count). The molecule has 0 aromatic rings. The average Bonchev–Trinajstić information content (AvgIpc) is 3.67. The maximum Gasteiger partial charge on any atom is 0.320 e. The second-order valence-electron chi connectivity index (χ2n) is 21.6. The number of carboxylic acid groups (broad SMARTS) is 1. The van der Waals surface area contributed by atoms with Gasteiger partial charge in [-0.1, -0.05) is 52.7 Å². The zero-order valence-corrected chi connectivity index (χ0v) is 40.4. The first-order chi connectivity index (χ1) is 29.9. The van der Waals surface area contributed by atoms with Crippen LogP contribution in [0.25, 0.3) is 0 Å². The molecule has 0 amide bonds. The number of fused-ring (bicyclic) bond motifs is 10. The SMILES string of the molecule is CC(=O)O.CCN(CC)CC(=O)OCC(=O)[C@@]1(O)CC[C@H]2[C@@H]3CCC4=CC(=O)CC[C@]4(C)[C@H]3[C@@H](O)C[C@@]21C.C[C@]12CCC(=O)C=C1CC[C@@H]1[C@@H]2[C@@H](O)C[C@@]2(C)[C@H]1CC[C@]2(O)C(=O)CO.Cl. The van der Waals surface area contributed by atoms with Crippen molar-refractivity contribution in [3.8, 4) is 0 Å². The molecule has 0 aliphatic heterocycles. The Morgan fingerprint density at radius 1 is 0.692 bits per heavy atom. The predicted molar refractivity (Wildman–Crippen MR) is 243 cm³/mol. The number of carbonyl (C=O) groups excluding carboxylic acids is 5. The van der Waals surface area contributed by atoms with Gasteiger partial charge in [-0.3, -0.25) is 33.7 Å².